The highest BCUT2D eigenvalue weighted by Gasteiger charge is 2.18. The Bertz CT molecular complexity index is 1480. The van der Waals surface area contributed by atoms with E-state index in [0.717, 1.165) is 11.0 Å². The molecule has 2 aromatic carbocycles. The molecule has 0 bridgehead atoms. The summed E-state index contributed by atoms with van der Waals surface area (Å²) >= 11 is 0. The van der Waals surface area contributed by atoms with Gasteiger partial charge in [0.15, 0.2) is 0 Å². The van der Waals surface area contributed by atoms with Crippen LogP contribution in [-0.4, -0.2) is 14.5 Å². The fraction of sp³-hybridized carbons (Fsp3) is 0.143. The second-order valence-electron chi connectivity index (χ2n) is 6.04. The minimum absolute atomic E-state index is 0.129. The zero-order valence-corrected chi connectivity index (χ0v) is 13.4. The maximum atomic E-state index is 7.99. The molecule has 0 aliphatic rings. The Morgan fingerprint density at radius 3 is 2.92 bits per heavy atom. The lowest BCUT2D eigenvalue weighted by Gasteiger charge is -2.05. The Morgan fingerprint density at radius 1 is 1.12 bits per heavy atom. The summed E-state index contributed by atoms with van der Waals surface area (Å²) in [5.74, 6) is 0.597. The largest absolute Gasteiger partial charge is 0.455 e. The molecule has 3 aromatic heterocycles. The van der Waals surface area contributed by atoms with Crippen LogP contribution in [0.15, 0.2) is 53.2 Å². The van der Waals surface area contributed by atoms with Gasteiger partial charge in [-0.25, -0.2) is 4.98 Å². The van der Waals surface area contributed by atoms with Gasteiger partial charge in [-0.05, 0) is 43.0 Å². The maximum absolute atomic E-state index is 7.99. The molecule has 122 valence electrons. The van der Waals surface area contributed by atoms with E-state index in [2.05, 4.69) is 9.97 Å². The van der Waals surface area contributed by atoms with Gasteiger partial charge >= 0.3 is 0 Å². The van der Waals surface area contributed by atoms with Crippen LogP contribution >= 0.6 is 0 Å². The van der Waals surface area contributed by atoms with Crippen LogP contribution in [0.3, 0.4) is 0 Å². The number of hydrogen-bond acceptors (Lipinski definition) is 3. The standard InChI is InChI=1S/C21H17N3O/c1-12-4-6-14-18(10-12)25-20-15(7-5-13(2)19(14)20)21-23-16-8-9-22-11-17(16)24(21)3/h4-11H,1-3H3/i1D3,2D3. The minimum Gasteiger partial charge on any atom is -0.455 e. The average molecular weight is 333 g/mol. The second kappa shape index (κ2) is 4.93. The molecule has 0 saturated heterocycles. The number of benzene rings is 2. The van der Waals surface area contributed by atoms with Gasteiger partial charge in [0.1, 0.15) is 17.0 Å². The molecule has 0 atom stereocenters. The van der Waals surface area contributed by atoms with Crippen molar-refractivity contribution in [2.45, 2.75) is 13.7 Å². The van der Waals surface area contributed by atoms with E-state index in [-0.39, 0.29) is 11.1 Å². The number of nitrogens with zero attached hydrogens (tertiary/aromatic N) is 3. The molecule has 4 heteroatoms. The summed E-state index contributed by atoms with van der Waals surface area (Å²) in [7, 11) is 1.85. The topological polar surface area (TPSA) is 43.9 Å². The van der Waals surface area contributed by atoms with Crippen LogP contribution in [0.5, 0.6) is 0 Å². The maximum Gasteiger partial charge on any atom is 0.146 e. The molecule has 5 rings (SSSR count). The van der Waals surface area contributed by atoms with Crippen molar-refractivity contribution in [3.63, 3.8) is 0 Å². The third-order valence-corrected chi connectivity index (χ3v) is 4.54. The summed E-state index contributed by atoms with van der Waals surface area (Å²) in [5, 5.41) is 0.992. The molecule has 5 aromatic rings. The van der Waals surface area contributed by atoms with E-state index in [1.165, 1.54) is 12.1 Å². The molecule has 0 N–H and O–H groups in total. The number of fused-ring (bicyclic) bond motifs is 4. The molecule has 4 nitrogen and oxygen atoms in total. The summed E-state index contributed by atoms with van der Waals surface area (Å²) in [6, 6.07) is 9.60. The van der Waals surface area contributed by atoms with Crippen molar-refractivity contribution in [1.82, 2.24) is 14.5 Å². The van der Waals surface area contributed by atoms with Gasteiger partial charge in [0.05, 0.1) is 22.8 Å². The fourth-order valence-corrected chi connectivity index (χ4v) is 3.33. The molecule has 0 amide bonds. The fourth-order valence-electron chi connectivity index (χ4n) is 3.33. The monoisotopic (exact) mass is 333 g/mol. The van der Waals surface area contributed by atoms with Gasteiger partial charge in [0.2, 0.25) is 0 Å². The van der Waals surface area contributed by atoms with Crippen molar-refractivity contribution in [3.05, 3.63) is 59.9 Å². The average Bonchev–Trinajstić information content (AvgIpc) is 3.24. The zero-order valence-electron chi connectivity index (χ0n) is 19.4. The minimum atomic E-state index is -2.37. The van der Waals surface area contributed by atoms with Gasteiger partial charge in [-0.3, -0.25) is 4.98 Å². The van der Waals surface area contributed by atoms with Crippen LogP contribution in [0.4, 0.5) is 0 Å². The van der Waals surface area contributed by atoms with Gasteiger partial charge in [0.25, 0.3) is 0 Å². The molecular formula is C21H17N3O. The summed E-state index contributed by atoms with van der Waals surface area (Å²) in [6.45, 7) is -4.67. The number of furan rings is 1. The van der Waals surface area contributed by atoms with E-state index in [1.807, 2.05) is 11.6 Å². The van der Waals surface area contributed by atoms with Crippen molar-refractivity contribution in [2.24, 2.45) is 7.05 Å². The number of aromatic nitrogens is 3. The lowest BCUT2D eigenvalue weighted by molar-refractivity contribution is 0.668. The van der Waals surface area contributed by atoms with Gasteiger partial charge in [-0.15, -0.1) is 0 Å². The van der Waals surface area contributed by atoms with Crippen molar-refractivity contribution in [2.75, 3.05) is 0 Å². The molecule has 3 heterocycles. The molecule has 25 heavy (non-hydrogen) atoms. The van der Waals surface area contributed by atoms with Gasteiger partial charge < -0.3 is 8.98 Å². The normalized spacial score (nSPS) is 16.4. The highest BCUT2D eigenvalue weighted by atomic mass is 16.3. The smallest absolute Gasteiger partial charge is 0.146 e. The second-order valence-corrected chi connectivity index (χ2v) is 6.04. The van der Waals surface area contributed by atoms with Crippen LogP contribution in [-0.2, 0) is 7.05 Å². The number of rotatable bonds is 1. The predicted molar refractivity (Wildman–Crippen MR) is 101 cm³/mol. The molecule has 0 spiro atoms. The third-order valence-electron chi connectivity index (χ3n) is 4.54. The Hall–Kier alpha value is -3.14. The summed E-state index contributed by atoms with van der Waals surface area (Å²) < 4.78 is 54.9. The highest BCUT2D eigenvalue weighted by Crippen LogP contribution is 2.38. The summed E-state index contributed by atoms with van der Waals surface area (Å²) in [5.41, 5.74) is 3.15. The number of aryl methyl sites for hydroxylation is 3. The molecule has 0 unspecified atom stereocenters. The van der Waals surface area contributed by atoms with Crippen LogP contribution in [0.25, 0.3) is 44.4 Å². The van der Waals surface area contributed by atoms with Crippen LogP contribution in [0.2, 0.25) is 0 Å². The lowest BCUT2D eigenvalue weighted by atomic mass is 10.0. The van der Waals surface area contributed by atoms with Gasteiger partial charge in [-0.1, -0.05) is 18.2 Å². The Labute approximate surface area is 153 Å². The first kappa shape index (κ1) is 9.37. The lowest BCUT2D eigenvalue weighted by Crippen LogP contribution is -1.93. The van der Waals surface area contributed by atoms with Crippen molar-refractivity contribution >= 4 is 33.0 Å². The quantitative estimate of drug-likeness (QED) is 0.426. The Kier molecular flexibility index (Phi) is 1.85. The summed E-state index contributed by atoms with van der Waals surface area (Å²) in [6.07, 6.45) is 3.37. The first-order valence-corrected chi connectivity index (χ1v) is 7.83. The number of imidazole rings is 1. The first-order chi connectivity index (χ1) is 14.6. The molecule has 0 saturated carbocycles. The number of pyridine rings is 1. The molecule has 0 aliphatic carbocycles. The third kappa shape index (κ3) is 1.94. The van der Waals surface area contributed by atoms with E-state index in [0.29, 0.717) is 33.3 Å². The van der Waals surface area contributed by atoms with Crippen molar-refractivity contribution < 1.29 is 12.6 Å². The number of hydrogen-bond donors (Lipinski definition) is 0. The van der Waals surface area contributed by atoms with E-state index < -0.39 is 13.7 Å². The van der Waals surface area contributed by atoms with E-state index in [1.54, 1.807) is 36.7 Å². The van der Waals surface area contributed by atoms with Crippen LogP contribution < -0.4 is 0 Å². The highest BCUT2D eigenvalue weighted by molar-refractivity contribution is 6.11. The zero-order chi connectivity index (χ0) is 22.1. The summed E-state index contributed by atoms with van der Waals surface area (Å²) in [4.78, 5) is 8.83. The molecular weight excluding hydrogens is 310 g/mol. The van der Waals surface area contributed by atoms with E-state index in [4.69, 9.17) is 12.6 Å². The van der Waals surface area contributed by atoms with Crippen LogP contribution in [0, 0.1) is 13.7 Å². The predicted octanol–water partition coefficient (Wildman–Crippen LogP) is 5.15. The van der Waals surface area contributed by atoms with E-state index in [9.17, 15) is 0 Å². The molecule has 0 aliphatic heterocycles. The van der Waals surface area contributed by atoms with Gasteiger partial charge in [-0.2, -0.15) is 0 Å². The molecule has 0 fully saturated rings. The first-order valence-electron chi connectivity index (χ1n) is 10.8. The Morgan fingerprint density at radius 2 is 2.08 bits per heavy atom. The SMILES string of the molecule is [2H]C([2H])([2H])c1ccc2c(c1)oc1c(-c3nc4ccncc4n3C)ccc(C([2H])([2H])[2H])c12. The van der Waals surface area contributed by atoms with Crippen molar-refractivity contribution in [1.29, 1.82) is 0 Å². The Balaban J connectivity index is 1.89. The van der Waals surface area contributed by atoms with E-state index >= 15 is 0 Å². The van der Waals surface area contributed by atoms with Crippen LogP contribution in [0.1, 0.15) is 19.4 Å². The van der Waals surface area contributed by atoms with Crippen molar-refractivity contribution in [3.8, 4) is 11.4 Å². The van der Waals surface area contributed by atoms with Gasteiger partial charge in [0, 0.05) is 32.2 Å². The molecule has 0 radical (unpaired) electrons.